The third-order valence-electron chi connectivity index (χ3n) is 3.19. The van der Waals surface area contributed by atoms with Crippen LogP contribution in [0, 0.1) is 11.3 Å². The van der Waals surface area contributed by atoms with Crippen LogP contribution in [0.3, 0.4) is 0 Å². The van der Waals surface area contributed by atoms with E-state index in [-0.39, 0.29) is 12.0 Å². The highest BCUT2D eigenvalue weighted by atomic mass is 19.4. The van der Waals surface area contributed by atoms with Crippen LogP contribution in [0.15, 0.2) is 30.5 Å². The monoisotopic (exact) mass is 293 g/mol. The van der Waals surface area contributed by atoms with E-state index in [1.807, 2.05) is 13.8 Å². The maximum absolute atomic E-state index is 13.2. The molecule has 0 aliphatic carbocycles. The summed E-state index contributed by atoms with van der Waals surface area (Å²) in [4.78, 5) is 0. The van der Waals surface area contributed by atoms with E-state index in [1.165, 1.54) is 0 Å². The summed E-state index contributed by atoms with van der Waals surface area (Å²) < 4.78 is 40.4. The Hall–Kier alpha value is -2.29. The van der Waals surface area contributed by atoms with Crippen molar-refractivity contribution in [1.29, 1.82) is 5.26 Å². The predicted molar refractivity (Wildman–Crippen MR) is 72.0 cm³/mol. The van der Waals surface area contributed by atoms with E-state index in [9.17, 15) is 13.2 Å². The second-order valence-electron chi connectivity index (χ2n) is 5.01. The summed E-state index contributed by atoms with van der Waals surface area (Å²) in [5.41, 5.74) is 0.368. The van der Waals surface area contributed by atoms with Gasteiger partial charge in [0.15, 0.2) is 5.69 Å². The quantitative estimate of drug-likeness (QED) is 0.855. The molecule has 0 saturated heterocycles. The molecule has 3 nitrogen and oxygen atoms in total. The van der Waals surface area contributed by atoms with Crippen LogP contribution in [0.2, 0.25) is 0 Å². The number of hydrogen-bond donors (Lipinski definition) is 0. The largest absolute Gasteiger partial charge is 0.433 e. The Kier molecular flexibility index (Phi) is 4.03. The molecular formula is C15H14F3N3. The Labute approximate surface area is 120 Å². The van der Waals surface area contributed by atoms with Crippen LogP contribution in [-0.2, 0) is 12.6 Å². The van der Waals surface area contributed by atoms with Crippen molar-refractivity contribution in [2.75, 3.05) is 0 Å². The zero-order chi connectivity index (χ0) is 15.6. The third kappa shape index (κ3) is 3.07. The first-order chi connectivity index (χ1) is 9.84. The number of rotatable bonds is 3. The van der Waals surface area contributed by atoms with Gasteiger partial charge in [0.05, 0.1) is 24.4 Å². The maximum Gasteiger partial charge on any atom is 0.433 e. The van der Waals surface area contributed by atoms with Crippen molar-refractivity contribution in [3.05, 3.63) is 47.3 Å². The number of benzene rings is 1. The van der Waals surface area contributed by atoms with Crippen molar-refractivity contribution in [3.8, 4) is 11.8 Å². The van der Waals surface area contributed by atoms with Crippen LogP contribution < -0.4 is 0 Å². The first kappa shape index (κ1) is 15.1. The lowest BCUT2D eigenvalue weighted by atomic mass is 10.0. The number of alkyl halides is 3. The third-order valence-corrected chi connectivity index (χ3v) is 3.19. The molecule has 0 unspecified atom stereocenters. The number of halogens is 3. The predicted octanol–water partition coefficient (Wildman–Crippen LogP) is 4.08. The van der Waals surface area contributed by atoms with Gasteiger partial charge >= 0.3 is 6.18 Å². The molecule has 0 radical (unpaired) electrons. The first-order valence-electron chi connectivity index (χ1n) is 6.46. The molecule has 0 amide bonds. The van der Waals surface area contributed by atoms with E-state index in [0.29, 0.717) is 11.6 Å². The Balaban J connectivity index is 2.51. The van der Waals surface area contributed by atoms with Crippen LogP contribution in [0.4, 0.5) is 13.2 Å². The molecule has 1 aromatic carbocycles. The molecule has 0 atom stereocenters. The van der Waals surface area contributed by atoms with Crippen molar-refractivity contribution < 1.29 is 13.2 Å². The normalized spacial score (nSPS) is 11.7. The van der Waals surface area contributed by atoms with Crippen LogP contribution in [0.5, 0.6) is 0 Å². The lowest BCUT2D eigenvalue weighted by Crippen LogP contribution is -2.15. The summed E-state index contributed by atoms with van der Waals surface area (Å²) in [6, 6.07) is 8.51. The van der Waals surface area contributed by atoms with E-state index in [0.717, 1.165) is 16.4 Å². The molecule has 21 heavy (non-hydrogen) atoms. The lowest BCUT2D eigenvalue weighted by Gasteiger charge is -2.13. The van der Waals surface area contributed by atoms with E-state index >= 15 is 0 Å². The molecule has 0 saturated carbocycles. The molecule has 1 heterocycles. The van der Waals surface area contributed by atoms with E-state index in [4.69, 9.17) is 5.26 Å². The summed E-state index contributed by atoms with van der Waals surface area (Å²) in [6.07, 6.45) is -3.78. The Morgan fingerprint density at radius 2 is 1.86 bits per heavy atom. The highest BCUT2D eigenvalue weighted by Crippen LogP contribution is 2.34. The molecule has 0 N–H and O–H groups in total. The van der Waals surface area contributed by atoms with Gasteiger partial charge in [0.25, 0.3) is 0 Å². The molecule has 0 aliphatic heterocycles. The van der Waals surface area contributed by atoms with Gasteiger partial charge in [-0.25, -0.2) is 4.68 Å². The molecular weight excluding hydrogens is 279 g/mol. The minimum absolute atomic E-state index is 0.113. The maximum atomic E-state index is 13.2. The first-order valence-corrected chi connectivity index (χ1v) is 6.46. The van der Waals surface area contributed by atoms with E-state index < -0.39 is 11.9 Å². The van der Waals surface area contributed by atoms with Crippen molar-refractivity contribution >= 4 is 0 Å². The molecule has 0 aliphatic rings. The molecule has 0 fully saturated rings. The molecule has 6 heteroatoms. The van der Waals surface area contributed by atoms with Gasteiger partial charge in [0.2, 0.25) is 0 Å². The summed E-state index contributed by atoms with van der Waals surface area (Å²) >= 11 is 0. The molecule has 1 aromatic heterocycles. The average molecular weight is 293 g/mol. The smallest absolute Gasteiger partial charge is 0.228 e. The fourth-order valence-corrected chi connectivity index (χ4v) is 2.10. The second-order valence-corrected chi connectivity index (χ2v) is 5.01. The van der Waals surface area contributed by atoms with E-state index in [1.54, 1.807) is 30.3 Å². The fourth-order valence-electron chi connectivity index (χ4n) is 2.10. The van der Waals surface area contributed by atoms with Crippen molar-refractivity contribution in [3.63, 3.8) is 0 Å². The van der Waals surface area contributed by atoms with Gasteiger partial charge in [-0.2, -0.15) is 23.5 Å². The minimum Gasteiger partial charge on any atom is -0.228 e. The molecule has 110 valence electrons. The zero-order valence-electron chi connectivity index (χ0n) is 11.6. The zero-order valence-corrected chi connectivity index (χ0v) is 11.6. The number of nitrogens with zero attached hydrogens (tertiary/aromatic N) is 3. The molecule has 0 bridgehead atoms. The van der Waals surface area contributed by atoms with Gasteiger partial charge in [0, 0.05) is 5.56 Å². The average Bonchev–Trinajstić information content (AvgIpc) is 2.83. The standard InChI is InChI=1S/C15H14F3N3/c1-10(2)11-3-5-13(6-4-11)21-14(15(16,17)18)12(7-8-19)9-20-21/h3-6,9-10H,7H2,1-2H3. The summed E-state index contributed by atoms with van der Waals surface area (Å²) in [7, 11) is 0. The molecule has 2 aromatic rings. The Bertz CT molecular complexity index is 661. The highest BCUT2D eigenvalue weighted by molar-refractivity contribution is 5.39. The van der Waals surface area contributed by atoms with Gasteiger partial charge in [-0.05, 0) is 23.6 Å². The topological polar surface area (TPSA) is 41.6 Å². The van der Waals surface area contributed by atoms with E-state index in [2.05, 4.69) is 5.10 Å². The number of nitriles is 1. The van der Waals surface area contributed by atoms with Gasteiger partial charge in [-0.3, -0.25) is 0 Å². The molecule has 2 rings (SSSR count). The fraction of sp³-hybridized carbons (Fsp3) is 0.333. The van der Waals surface area contributed by atoms with Gasteiger partial charge < -0.3 is 0 Å². The van der Waals surface area contributed by atoms with Crippen molar-refractivity contribution in [2.45, 2.75) is 32.4 Å². The van der Waals surface area contributed by atoms with Crippen molar-refractivity contribution in [2.24, 2.45) is 0 Å². The Morgan fingerprint density at radius 1 is 1.24 bits per heavy atom. The summed E-state index contributed by atoms with van der Waals surface area (Å²) in [5.74, 6) is 0.299. The van der Waals surface area contributed by atoms with Gasteiger partial charge in [-0.15, -0.1) is 0 Å². The number of hydrogen-bond acceptors (Lipinski definition) is 2. The van der Waals surface area contributed by atoms with Gasteiger partial charge in [-0.1, -0.05) is 26.0 Å². The Morgan fingerprint density at radius 3 is 2.33 bits per heavy atom. The van der Waals surface area contributed by atoms with Gasteiger partial charge in [0.1, 0.15) is 0 Å². The molecule has 0 spiro atoms. The second kappa shape index (κ2) is 5.60. The van der Waals surface area contributed by atoms with Crippen LogP contribution in [0.25, 0.3) is 5.69 Å². The van der Waals surface area contributed by atoms with Crippen LogP contribution >= 0.6 is 0 Å². The van der Waals surface area contributed by atoms with Crippen LogP contribution in [0.1, 0.15) is 36.6 Å². The number of aromatic nitrogens is 2. The van der Waals surface area contributed by atoms with Crippen LogP contribution in [-0.4, -0.2) is 9.78 Å². The minimum atomic E-state index is -4.56. The summed E-state index contributed by atoms with van der Waals surface area (Å²) in [6.45, 7) is 4.02. The highest BCUT2D eigenvalue weighted by Gasteiger charge is 2.38. The lowest BCUT2D eigenvalue weighted by molar-refractivity contribution is -0.143. The summed E-state index contributed by atoms with van der Waals surface area (Å²) in [5, 5.41) is 12.4. The van der Waals surface area contributed by atoms with Crippen molar-refractivity contribution in [1.82, 2.24) is 9.78 Å². The SMILES string of the molecule is CC(C)c1ccc(-n2ncc(CC#N)c2C(F)(F)F)cc1.